The summed E-state index contributed by atoms with van der Waals surface area (Å²) in [5, 5.41) is 8.95. The van der Waals surface area contributed by atoms with E-state index in [-0.39, 0.29) is 0 Å². The van der Waals surface area contributed by atoms with E-state index in [1.165, 1.54) is 12.0 Å². The molecule has 8 nitrogen and oxygen atoms in total. The summed E-state index contributed by atoms with van der Waals surface area (Å²) in [6.07, 6.45) is 7.85. The fourth-order valence-corrected chi connectivity index (χ4v) is 4.12. The van der Waals surface area contributed by atoms with Crippen molar-refractivity contribution in [1.29, 1.82) is 0 Å². The highest BCUT2D eigenvalue weighted by atomic mass is 16.7. The average molecular weight is 380 g/mol. The monoisotopic (exact) mass is 380 g/mol. The zero-order valence-corrected chi connectivity index (χ0v) is 16.0. The molecule has 0 bridgehead atoms. The molecule has 2 aliphatic heterocycles. The van der Waals surface area contributed by atoms with Crippen LogP contribution in [0.4, 0.5) is 0 Å². The van der Waals surface area contributed by atoms with Gasteiger partial charge in [0, 0.05) is 38.4 Å². The normalized spacial score (nSPS) is 19.2. The van der Waals surface area contributed by atoms with Gasteiger partial charge in [0.15, 0.2) is 17.3 Å². The zero-order chi connectivity index (χ0) is 18.9. The van der Waals surface area contributed by atoms with Crippen LogP contribution < -0.4 is 9.47 Å². The Hall–Kier alpha value is -2.87. The summed E-state index contributed by atoms with van der Waals surface area (Å²) in [5.41, 5.74) is 1.25. The van der Waals surface area contributed by atoms with E-state index < -0.39 is 0 Å². The molecular weight excluding hydrogens is 356 g/mol. The predicted molar refractivity (Wildman–Crippen MR) is 102 cm³/mol. The lowest BCUT2D eigenvalue weighted by Gasteiger charge is -2.32. The van der Waals surface area contributed by atoms with Crippen molar-refractivity contribution in [2.75, 3.05) is 19.9 Å². The number of hydrogen-bond acceptors (Lipinski definition) is 6. The summed E-state index contributed by atoms with van der Waals surface area (Å²) < 4.78 is 15.1. The second-order valence-corrected chi connectivity index (χ2v) is 7.53. The van der Waals surface area contributed by atoms with Gasteiger partial charge < -0.3 is 18.6 Å². The number of ether oxygens (including phenoxy) is 2. The van der Waals surface area contributed by atoms with Crippen molar-refractivity contribution in [2.45, 2.75) is 31.8 Å². The number of nitrogens with zero attached hydrogens (tertiary/aromatic N) is 6. The van der Waals surface area contributed by atoms with Gasteiger partial charge in [0.05, 0.1) is 12.9 Å². The van der Waals surface area contributed by atoms with Gasteiger partial charge in [-0.3, -0.25) is 4.90 Å². The van der Waals surface area contributed by atoms with Crippen LogP contribution in [0.5, 0.6) is 11.5 Å². The quantitative estimate of drug-likeness (QED) is 0.676. The minimum absolute atomic E-state index is 0.318. The van der Waals surface area contributed by atoms with E-state index in [9.17, 15) is 0 Å². The number of hydrogen-bond donors (Lipinski definition) is 0. The minimum Gasteiger partial charge on any atom is -0.454 e. The van der Waals surface area contributed by atoms with Crippen molar-refractivity contribution in [2.24, 2.45) is 7.05 Å². The fourth-order valence-electron chi connectivity index (χ4n) is 4.12. The standard InChI is InChI=1S/C20H24N6O2/c1-24-19(12-26-8-6-21-13-26)22-23-20(24)16-3-2-7-25(11-16)10-15-4-5-17-18(9-15)28-14-27-17/h4-6,8-9,13,16H,2-3,7,10-12,14H2,1H3/t16-/m1/s1. The van der Waals surface area contributed by atoms with Crippen LogP contribution in [0, 0.1) is 0 Å². The molecule has 2 aromatic heterocycles. The first-order chi connectivity index (χ1) is 13.8. The molecule has 3 aromatic rings. The van der Waals surface area contributed by atoms with Gasteiger partial charge >= 0.3 is 0 Å². The summed E-state index contributed by atoms with van der Waals surface area (Å²) in [4.78, 5) is 6.59. The number of piperidine rings is 1. The van der Waals surface area contributed by atoms with E-state index >= 15 is 0 Å². The summed E-state index contributed by atoms with van der Waals surface area (Å²) in [6.45, 7) is 4.01. The topological polar surface area (TPSA) is 70.2 Å². The number of fused-ring (bicyclic) bond motifs is 1. The van der Waals surface area contributed by atoms with Gasteiger partial charge in [0.1, 0.15) is 5.82 Å². The highest BCUT2D eigenvalue weighted by Gasteiger charge is 2.26. The van der Waals surface area contributed by atoms with Crippen molar-refractivity contribution in [3.05, 3.63) is 54.1 Å². The van der Waals surface area contributed by atoms with Crippen LogP contribution in [-0.4, -0.2) is 49.1 Å². The molecule has 5 rings (SSSR count). The molecule has 2 aliphatic rings. The van der Waals surface area contributed by atoms with Crippen molar-refractivity contribution < 1.29 is 9.47 Å². The lowest BCUT2D eigenvalue weighted by atomic mass is 9.96. The number of aromatic nitrogens is 5. The third kappa shape index (κ3) is 3.35. The number of imidazole rings is 1. The maximum atomic E-state index is 5.51. The maximum absolute atomic E-state index is 5.51. The molecule has 28 heavy (non-hydrogen) atoms. The lowest BCUT2D eigenvalue weighted by Crippen LogP contribution is -2.34. The Labute approximate surface area is 163 Å². The molecule has 0 saturated carbocycles. The first kappa shape index (κ1) is 17.2. The predicted octanol–water partition coefficient (Wildman–Crippen LogP) is 2.17. The summed E-state index contributed by atoms with van der Waals surface area (Å²) >= 11 is 0. The van der Waals surface area contributed by atoms with E-state index in [2.05, 4.69) is 43.8 Å². The molecule has 0 aliphatic carbocycles. The van der Waals surface area contributed by atoms with Crippen molar-refractivity contribution >= 4 is 0 Å². The van der Waals surface area contributed by atoms with Crippen LogP contribution in [0.25, 0.3) is 0 Å². The van der Waals surface area contributed by atoms with Crippen molar-refractivity contribution in [3.8, 4) is 11.5 Å². The van der Waals surface area contributed by atoms with Crippen molar-refractivity contribution in [1.82, 2.24) is 29.2 Å². The first-order valence-electron chi connectivity index (χ1n) is 9.71. The van der Waals surface area contributed by atoms with Crippen LogP contribution in [0.3, 0.4) is 0 Å². The third-order valence-electron chi connectivity index (χ3n) is 5.60. The van der Waals surface area contributed by atoms with Gasteiger partial charge in [-0.05, 0) is 37.1 Å². The SMILES string of the molecule is Cn1c(Cn2ccnc2)nnc1[C@@H]1CCCN(Cc2ccc3c(c2)OCO3)C1. The number of likely N-dealkylation sites (tertiary alicyclic amines) is 1. The molecular formula is C20H24N6O2. The second kappa shape index (κ2) is 7.27. The lowest BCUT2D eigenvalue weighted by molar-refractivity contribution is 0.173. The van der Waals surface area contributed by atoms with E-state index in [0.29, 0.717) is 19.3 Å². The molecule has 0 spiro atoms. The van der Waals surface area contributed by atoms with Gasteiger partial charge in [0.2, 0.25) is 6.79 Å². The molecule has 1 saturated heterocycles. The van der Waals surface area contributed by atoms with Crippen LogP contribution in [0.15, 0.2) is 36.9 Å². The van der Waals surface area contributed by atoms with E-state index in [0.717, 1.165) is 49.2 Å². The van der Waals surface area contributed by atoms with Crippen LogP contribution in [-0.2, 0) is 20.1 Å². The smallest absolute Gasteiger partial charge is 0.231 e. The van der Waals surface area contributed by atoms with E-state index in [4.69, 9.17) is 9.47 Å². The van der Waals surface area contributed by atoms with Gasteiger partial charge in [-0.1, -0.05) is 6.07 Å². The van der Waals surface area contributed by atoms with Crippen LogP contribution >= 0.6 is 0 Å². The van der Waals surface area contributed by atoms with Crippen molar-refractivity contribution in [3.63, 3.8) is 0 Å². The zero-order valence-electron chi connectivity index (χ0n) is 16.0. The molecule has 0 radical (unpaired) electrons. The Balaban J connectivity index is 1.27. The van der Waals surface area contributed by atoms with Gasteiger partial charge in [-0.2, -0.15) is 0 Å². The molecule has 4 heterocycles. The number of rotatable bonds is 5. The number of benzene rings is 1. The summed E-state index contributed by atoms with van der Waals surface area (Å²) in [5.74, 6) is 4.12. The Morgan fingerprint density at radius 1 is 1.14 bits per heavy atom. The van der Waals surface area contributed by atoms with Gasteiger partial charge in [-0.15, -0.1) is 10.2 Å². The molecule has 0 N–H and O–H groups in total. The Morgan fingerprint density at radius 3 is 2.96 bits per heavy atom. The van der Waals surface area contributed by atoms with Gasteiger partial charge in [0.25, 0.3) is 0 Å². The van der Waals surface area contributed by atoms with Gasteiger partial charge in [-0.25, -0.2) is 4.98 Å². The Bertz CT molecular complexity index is 952. The van der Waals surface area contributed by atoms with Crippen LogP contribution in [0.1, 0.15) is 36.0 Å². The molecule has 1 fully saturated rings. The first-order valence-corrected chi connectivity index (χ1v) is 9.71. The molecule has 0 amide bonds. The Morgan fingerprint density at radius 2 is 2.07 bits per heavy atom. The second-order valence-electron chi connectivity index (χ2n) is 7.53. The highest BCUT2D eigenvalue weighted by Crippen LogP contribution is 2.33. The molecule has 8 heteroatoms. The highest BCUT2D eigenvalue weighted by molar-refractivity contribution is 5.44. The van der Waals surface area contributed by atoms with E-state index in [1.54, 1.807) is 6.20 Å². The summed E-state index contributed by atoms with van der Waals surface area (Å²) in [7, 11) is 2.07. The molecule has 1 aromatic carbocycles. The largest absolute Gasteiger partial charge is 0.454 e. The Kier molecular flexibility index (Phi) is 4.48. The molecule has 1 atom stereocenters. The third-order valence-corrected chi connectivity index (χ3v) is 5.60. The average Bonchev–Trinajstić information content (AvgIpc) is 3.45. The maximum Gasteiger partial charge on any atom is 0.231 e. The minimum atomic E-state index is 0.318. The molecule has 146 valence electrons. The van der Waals surface area contributed by atoms with E-state index in [1.807, 2.05) is 23.2 Å². The molecule has 0 unspecified atom stereocenters. The summed E-state index contributed by atoms with van der Waals surface area (Å²) in [6, 6.07) is 6.23. The van der Waals surface area contributed by atoms with Crippen LogP contribution in [0.2, 0.25) is 0 Å². The fraction of sp³-hybridized carbons (Fsp3) is 0.450.